The molecule has 0 aromatic rings. The lowest BCUT2D eigenvalue weighted by molar-refractivity contribution is -0.154. The molecule has 1 N–H and O–H groups in total. The fraction of sp³-hybridized carbons (Fsp3) is 0.933. The van der Waals surface area contributed by atoms with Crippen LogP contribution in [0, 0.1) is 5.92 Å². The molecule has 4 heteroatoms. The van der Waals surface area contributed by atoms with Crippen LogP contribution in [-0.2, 0) is 14.3 Å². The van der Waals surface area contributed by atoms with Crippen molar-refractivity contribution in [1.82, 2.24) is 5.32 Å². The normalized spacial score (nSPS) is 20.1. The monoisotopic (exact) mass is 271 g/mol. The van der Waals surface area contributed by atoms with E-state index in [2.05, 4.69) is 26.1 Å². The van der Waals surface area contributed by atoms with E-state index >= 15 is 0 Å². The summed E-state index contributed by atoms with van der Waals surface area (Å²) in [7, 11) is 0. The first-order valence-electron chi connectivity index (χ1n) is 7.44. The fourth-order valence-corrected chi connectivity index (χ4v) is 2.17. The molecule has 0 aromatic carbocycles. The van der Waals surface area contributed by atoms with Gasteiger partial charge in [-0.3, -0.25) is 5.32 Å². The maximum atomic E-state index is 12.1. The molecule has 2 unspecified atom stereocenters. The van der Waals surface area contributed by atoms with Crippen LogP contribution in [0.2, 0.25) is 0 Å². The Morgan fingerprint density at radius 2 is 2.00 bits per heavy atom. The molecule has 1 saturated carbocycles. The average molecular weight is 271 g/mol. The molecule has 2 atom stereocenters. The van der Waals surface area contributed by atoms with Gasteiger partial charge in [-0.15, -0.1) is 0 Å². The first kappa shape index (κ1) is 16.4. The van der Waals surface area contributed by atoms with Crippen LogP contribution in [0.4, 0.5) is 0 Å². The van der Waals surface area contributed by atoms with Crippen LogP contribution in [0.1, 0.15) is 53.9 Å². The molecule has 112 valence electrons. The molecule has 0 aromatic heterocycles. The molecule has 0 aliphatic heterocycles. The van der Waals surface area contributed by atoms with Crippen LogP contribution in [0.15, 0.2) is 0 Å². The molecule has 0 spiro atoms. The third-order valence-electron chi connectivity index (χ3n) is 3.29. The Hall–Kier alpha value is -0.610. The predicted octanol–water partition coefficient (Wildman–Crippen LogP) is 2.51. The Bertz CT molecular complexity index is 289. The van der Waals surface area contributed by atoms with Gasteiger partial charge in [0.25, 0.3) is 0 Å². The van der Waals surface area contributed by atoms with E-state index in [1.165, 1.54) is 0 Å². The van der Waals surface area contributed by atoms with Gasteiger partial charge in [-0.1, -0.05) is 13.8 Å². The van der Waals surface area contributed by atoms with Gasteiger partial charge in [-0.05, 0) is 46.0 Å². The smallest absolute Gasteiger partial charge is 0.328 e. The lowest BCUT2D eigenvalue weighted by atomic mass is 10.0. The van der Waals surface area contributed by atoms with Crippen molar-refractivity contribution in [3.05, 3.63) is 0 Å². The Morgan fingerprint density at radius 1 is 1.37 bits per heavy atom. The van der Waals surface area contributed by atoms with Gasteiger partial charge in [0.05, 0.1) is 19.3 Å². The maximum Gasteiger partial charge on any atom is 0.328 e. The number of rotatable bonds is 9. The summed E-state index contributed by atoms with van der Waals surface area (Å²) < 4.78 is 11.0. The van der Waals surface area contributed by atoms with Crippen LogP contribution >= 0.6 is 0 Å². The molecule has 0 bridgehead atoms. The minimum Gasteiger partial charge on any atom is -0.465 e. The zero-order valence-electron chi connectivity index (χ0n) is 13.0. The van der Waals surface area contributed by atoms with Gasteiger partial charge >= 0.3 is 5.97 Å². The summed E-state index contributed by atoms with van der Waals surface area (Å²) in [6.07, 6.45) is 3.44. The number of nitrogens with one attached hydrogen (secondary N) is 1. The molecule has 0 amide bonds. The highest BCUT2D eigenvalue weighted by Crippen LogP contribution is 2.24. The Labute approximate surface area is 117 Å². The molecule has 1 rings (SSSR count). The minimum absolute atomic E-state index is 0.162. The molecule has 1 aliphatic rings. The van der Waals surface area contributed by atoms with Crippen molar-refractivity contribution < 1.29 is 14.3 Å². The minimum atomic E-state index is -0.720. The SMILES string of the molecule is CCOC(=O)C(C)(COC(C)CC(C)C)NC1CC1. The molecule has 1 fully saturated rings. The lowest BCUT2D eigenvalue weighted by Gasteiger charge is -2.30. The Morgan fingerprint density at radius 3 is 2.47 bits per heavy atom. The van der Waals surface area contributed by atoms with E-state index in [0.717, 1.165) is 19.3 Å². The van der Waals surface area contributed by atoms with E-state index in [4.69, 9.17) is 9.47 Å². The molecule has 0 radical (unpaired) electrons. The Balaban J connectivity index is 2.50. The van der Waals surface area contributed by atoms with E-state index in [0.29, 0.717) is 25.2 Å². The first-order chi connectivity index (χ1) is 8.87. The van der Waals surface area contributed by atoms with Crippen molar-refractivity contribution in [3.63, 3.8) is 0 Å². The topological polar surface area (TPSA) is 47.6 Å². The Kier molecular flexibility index (Phi) is 6.27. The first-order valence-corrected chi connectivity index (χ1v) is 7.44. The number of ether oxygens (including phenoxy) is 2. The van der Waals surface area contributed by atoms with Gasteiger partial charge in [0, 0.05) is 6.04 Å². The fourth-order valence-electron chi connectivity index (χ4n) is 2.17. The number of carbonyl (C=O) groups excluding carboxylic acids is 1. The van der Waals surface area contributed by atoms with Crippen molar-refractivity contribution in [2.24, 2.45) is 5.92 Å². The van der Waals surface area contributed by atoms with Crippen molar-refractivity contribution in [2.75, 3.05) is 13.2 Å². The summed E-state index contributed by atoms with van der Waals surface area (Å²) in [5.74, 6) is 0.388. The van der Waals surface area contributed by atoms with Crippen molar-refractivity contribution in [2.45, 2.75) is 71.6 Å². The number of hydrogen-bond donors (Lipinski definition) is 1. The molecular formula is C15H29NO3. The van der Waals surface area contributed by atoms with Gasteiger partial charge in [0.1, 0.15) is 5.54 Å². The largest absolute Gasteiger partial charge is 0.465 e. The summed E-state index contributed by atoms with van der Waals surface area (Å²) >= 11 is 0. The second-order valence-electron chi connectivity index (χ2n) is 6.22. The number of hydrogen-bond acceptors (Lipinski definition) is 4. The van der Waals surface area contributed by atoms with E-state index in [1.54, 1.807) is 0 Å². The number of esters is 1. The summed E-state index contributed by atoms with van der Waals surface area (Å²) in [6, 6.07) is 0.443. The van der Waals surface area contributed by atoms with E-state index in [-0.39, 0.29) is 12.1 Å². The average Bonchev–Trinajstić information content (AvgIpc) is 3.10. The molecule has 4 nitrogen and oxygen atoms in total. The van der Waals surface area contributed by atoms with E-state index in [1.807, 2.05) is 13.8 Å². The molecule has 0 heterocycles. The lowest BCUT2D eigenvalue weighted by Crippen LogP contribution is -2.55. The van der Waals surface area contributed by atoms with E-state index in [9.17, 15) is 4.79 Å². The van der Waals surface area contributed by atoms with Gasteiger partial charge in [-0.25, -0.2) is 4.79 Å². The zero-order chi connectivity index (χ0) is 14.5. The van der Waals surface area contributed by atoms with Crippen molar-refractivity contribution in [1.29, 1.82) is 0 Å². The van der Waals surface area contributed by atoms with Crippen molar-refractivity contribution >= 4 is 5.97 Å². The highest BCUT2D eigenvalue weighted by molar-refractivity contribution is 5.80. The third kappa shape index (κ3) is 5.91. The second kappa shape index (κ2) is 7.25. The second-order valence-corrected chi connectivity index (χ2v) is 6.22. The van der Waals surface area contributed by atoms with Crippen LogP contribution in [-0.4, -0.2) is 36.9 Å². The van der Waals surface area contributed by atoms with Crippen LogP contribution < -0.4 is 5.32 Å². The predicted molar refractivity (Wildman–Crippen MR) is 76.1 cm³/mol. The van der Waals surface area contributed by atoms with Crippen LogP contribution in [0.25, 0.3) is 0 Å². The summed E-state index contributed by atoms with van der Waals surface area (Å²) in [5, 5.41) is 3.36. The summed E-state index contributed by atoms with van der Waals surface area (Å²) in [4.78, 5) is 12.1. The highest BCUT2D eigenvalue weighted by Gasteiger charge is 2.40. The summed E-state index contributed by atoms with van der Waals surface area (Å²) in [5.41, 5.74) is -0.720. The third-order valence-corrected chi connectivity index (χ3v) is 3.29. The molecule has 19 heavy (non-hydrogen) atoms. The quantitative estimate of drug-likeness (QED) is 0.655. The van der Waals surface area contributed by atoms with E-state index < -0.39 is 5.54 Å². The van der Waals surface area contributed by atoms with Gasteiger partial charge < -0.3 is 9.47 Å². The van der Waals surface area contributed by atoms with Gasteiger partial charge in [0.2, 0.25) is 0 Å². The maximum absolute atomic E-state index is 12.1. The zero-order valence-corrected chi connectivity index (χ0v) is 13.0. The van der Waals surface area contributed by atoms with Gasteiger partial charge in [0.15, 0.2) is 0 Å². The molecular weight excluding hydrogens is 242 g/mol. The van der Waals surface area contributed by atoms with Crippen LogP contribution in [0.3, 0.4) is 0 Å². The van der Waals surface area contributed by atoms with Crippen LogP contribution in [0.5, 0.6) is 0 Å². The van der Waals surface area contributed by atoms with Crippen molar-refractivity contribution in [3.8, 4) is 0 Å². The standard InChI is InChI=1S/C15H29NO3/c1-6-18-14(17)15(5,16-13-7-8-13)10-19-12(4)9-11(2)3/h11-13,16H,6-10H2,1-5H3. The molecule has 1 aliphatic carbocycles. The highest BCUT2D eigenvalue weighted by atomic mass is 16.5. The molecule has 0 saturated heterocycles. The number of carbonyl (C=O) groups is 1. The summed E-state index contributed by atoms with van der Waals surface area (Å²) in [6.45, 7) is 10.9. The van der Waals surface area contributed by atoms with Gasteiger partial charge in [-0.2, -0.15) is 0 Å².